The molecule has 216 valence electrons. The largest absolute Gasteiger partial charge is 0.489 e. The molecule has 6 nitrogen and oxygen atoms in total. The van der Waals surface area contributed by atoms with Crippen LogP contribution in [0.25, 0.3) is 6.08 Å². The van der Waals surface area contributed by atoms with Gasteiger partial charge in [0.15, 0.2) is 0 Å². The Bertz CT molecular complexity index is 1510. The van der Waals surface area contributed by atoms with Crippen molar-refractivity contribution in [2.75, 3.05) is 6.61 Å². The van der Waals surface area contributed by atoms with Crippen molar-refractivity contribution in [2.45, 2.75) is 46.3 Å². The molecular weight excluding hydrogens is 544 g/mol. The van der Waals surface area contributed by atoms with Crippen molar-refractivity contribution in [1.82, 2.24) is 10.3 Å². The Balaban J connectivity index is 1.48. The first-order valence-electron chi connectivity index (χ1n) is 14.0. The molecule has 4 rings (SSSR count). The third-order valence-corrected chi connectivity index (χ3v) is 7.39. The van der Waals surface area contributed by atoms with Gasteiger partial charge in [0.1, 0.15) is 17.4 Å². The lowest BCUT2D eigenvalue weighted by Gasteiger charge is -2.17. The van der Waals surface area contributed by atoms with Crippen LogP contribution in [-0.2, 0) is 33.8 Å². The minimum Gasteiger partial charge on any atom is -0.489 e. The maximum Gasteiger partial charge on any atom is 0.333 e. The average Bonchev–Trinajstić information content (AvgIpc) is 3.45. The maximum absolute atomic E-state index is 13.1. The zero-order valence-corrected chi connectivity index (χ0v) is 25.0. The molecule has 0 radical (unpaired) electrons. The lowest BCUT2D eigenvalue weighted by Crippen LogP contribution is -2.31. The number of amides is 1. The number of carbonyl (C=O) groups is 2. The molecule has 0 saturated carbocycles. The van der Waals surface area contributed by atoms with Crippen molar-refractivity contribution in [3.05, 3.63) is 135 Å². The zero-order chi connectivity index (χ0) is 29.7. The van der Waals surface area contributed by atoms with Crippen molar-refractivity contribution in [3.63, 3.8) is 0 Å². The summed E-state index contributed by atoms with van der Waals surface area (Å²) in [6, 6.07) is 27.4. The first kappa shape index (κ1) is 30.5. The molecule has 1 amide bonds. The molecule has 0 aliphatic rings. The van der Waals surface area contributed by atoms with Gasteiger partial charge in [0, 0.05) is 11.0 Å². The number of ether oxygens (including phenoxy) is 2. The summed E-state index contributed by atoms with van der Waals surface area (Å²) in [4.78, 5) is 29.9. The van der Waals surface area contributed by atoms with Crippen molar-refractivity contribution < 1.29 is 19.1 Å². The van der Waals surface area contributed by atoms with E-state index in [9.17, 15) is 9.59 Å². The number of nitrogens with one attached hydrogen (secondary N) is 1. The summed E-state index contributed by atoms with van der Waals surface area (Å²) in [5, 5.41) is 5.98. The molecule has 0 aliphatic heterocycles. The molecular formula is C35H36N2O4S. The van der Waals surface area contributed by atoms with Gasteiger partial charge in [-0.2, -0.15) is 0 Å². The second-order valence-electron chi connectivity index (χ2n) is 9.95. The molecule has 7 heteroatoms. The molecule has 0 bridgehead atoms. The fourth-order valence-corrected chi connectivity index (χ4v) is 5.20. The van der Waals surface area contributed by atoms with Gasteiger partial charge in [0.2, 0.25) is 5.91 Å². The number of benzene rings is 3. The summed E-state index contributed by atoms with van der Waals surface area (Å²) in [6.07, 6.45) is 4.58. The summed E-state index contributed by atoms with van der Waals surface area (Å²) in [7, 11) is 0. The Morgan fingerprint density at radius 3 is 2.24 bits per heavy atom. The molecule has 1 aromatic heterocycles. The van der Waals surface area contributed by atoms with Crippen LogP contribution in [0.1, 0.15) is 54.2 Å². The number of thiazole rings is 1. The molecule has 1 N–H and O–H groups in total. The van der Waals surface area contributed by atoms with Gasteiger partial charge in [-0.25, -0.2) is 9.78 Å². The van der Waals surface area contributed by atoms with Crippen molar-refractivity contribution in [3.8, 4) is 5.75 Å². The SMILES string of the molecule is CCOC(=O)/C(C)=C\C(C)=C\c1csc([C@H](Cc2ccc(OCc3ccccc3)cc2)NC(=O)Cc2ccccc2)n1. The monoisotopic (exact) mass is 580 g/mol. The number of esters is 1. The van der Waals surface area contributed by atoms with Gasteiger partial charge < -0.3 is 14.8 Å². The molecule has 0 spiro atoms. The molecule has 1 atom stereocenters. The van der Waals surface area contributed by atoms with Crippen LogP contribution < -0.4 is 10.1 Å². The van der Waals surface area contributed by atoms with E-state index in [-0.39, 0.29) is 17.9 Å². The van der Waals surface area contributed by atoms with Gasteiger partial charge in [-0.15, -0.1) is 11.3 Å². The Labute approximate surface area is 251 Å². The highest BCUT2D eigenvalue weighted by Crippen LogP contribution is 2.25. The van der Waals surface area contributed by atoms with E-state index in [0.717, 1.165) is 38.7 Å². The van der Waals surface area contributed by atoms with Crippen molar-refractivity contribution in [2.24, 2.45) is 0 Å². The minimum atomic E-state index is -0.332. The molecule has 3 aromatic carbocycles. The number of nitrogens with zero attached hydrogens (tertiary/aromatic N) is 1. The average molecular weight is 581 g/mol. The fourth-order valence-electron chi connectivity index (χ4n) is 4.37. The number of hydrogen-bond donors (Lipinski definition) is 1. The highest BCUT2D eigenvalue weighted by atomic mass is 32.1. The lowest BCUT2D eigenvalue weighted by atomic mass is 10.1. The quantitative estimate of drug-likeness (QED) is 0.102. The number of carbonyl (C=O) groups excluding carboxylic acids is 2. The maximum atomic E-state index is 13.1. The van der Waals surface area contributed by atoms with Crippen molar-refractivity contribution in [1.29, 1.82) is 0 Å². The smallest absolute Gasteiger partial charge is 0.333 e. The van der Waals surface area contributed by atoms with E-state index >= 15 is 0 Å². The van der Waals surface area contributed by atoms with Gasteiger partial charge in [-0.1, -0.05) is 72.8 Å². The third-order valence-electron chi connectivity index (χ3n) is 6.41. The zero-order valence-electron chi connectivity index (χ0n) is 24.2. The van der Waals surface area contributed by atoms with Crippen molar-refractivity contribution >= 4 is 29.3 Å². The van der Waals surface area contributed by atoms with Gasteiger partial charge >= 0.3 is 5.97 Å². The topological polar surface area (TPSA) is 77.5 Å². The van der Waals surface area contributed by atoms with E-state index in [1.54, 1.807) is 19.9 Å². The van der Waals surface area contributed by atoms with E-state index in [1.165, 1.54) is 11.3 Å². The highest BCUT2D eigenvalue weighted by Gasteiger charge is 2.19. The number of allylic oxidation sites excluding steroid dienone is 2. The number of hydrogen-bond acceptors (Lipinski definition) is 6. The summed E-state index contributed by atoms with van der Waals surface area (Å²) in [6.45, 7) is 6.28. The molecule has 1 heterocycles. The summed E-state index contributed by atoms with van der Waals surface area (Å²) < 4.78 is 11.0. The summed E-state index contributed by atoms with van der Waals surface area (Å²) in [5.41, 5.74) is 5.31. The van der Waals surface area contributed by atoms with Crippen LogP contribution in [-0.4, -0.2) is 23.5 Å². The predicted octanol–water partition coefficient (Wildman–Crippen LogP) is 7.28. The van der Waals surface area contributed by atoms with Crippen LogP contribution >= 0.6 is 11.3 Å². The number of aromatic nitrogens is 1. The van der Waals surface area contributed by atoms with Gasteiger partial charge in [-0.3, -0.25) is 4.79 Å². The molecule has 4 aromatic rings. The first-order valence-corrected chi connectivity index (χ1v) is 14.9. The van der Waals surface area contributed by atoms with E-state index in [2.05, 4.69) is 5.32 Å². The predicted molar refractivity (Wildman–Crippen MR) is 168 cm³/mol. The van der Waals surface area contributed by atoms with E-state index in [1.807, 2.05) is 103 Å². The minimum absolute atomic E-state index is 0.0644. The molecule has 0 aliphatic carbocycles. The normalized spacial score (nSPS) is 12.5. The Morgan fingerprint density at radius 1 is 0.905 bits per heavy atom. The van der Waals surface area contributed by atoms with Crippen LogP contribution in [0.2, 0.25) is 0 Å². The van der Waals surface area contributed by atoms with E-state index < -0.39 is 0 Å². The van der Waals surface area contributed by atoms with Crippen LogP contribution in [0.4, 0.5) is 0 Å². The van der Waals surface area contributed by atoms with Crippen LogP contribution in [0.15, 0.2) is 108 Å². The number of rotatable bonds is 13. The van der Waals surface area contributed by atoms with Crippen LogP contribution in [0.5, 0.6) is 5.75 Å². The van der Waals surface area contributed by atoms with Gasteiger partial charge in [0.25, 0.3) is 0 Å². The molecule has 0 fully saturated rings. The second kappa shape index (κ2) is 15.5. The standard InChI is InChI=1S/C35H36N2O4S/c1-4-40-35(39)26(3)19-25(2)20-30-24-42-34(36-30)32(37-33(38)22-27-11-7-5-8-12-27)21-28-15-17-31(18-16-28)41-23-29-13-9-6-10-14-29/h5-20,24,32H,4,21-23H2,1-3H3,(H,37,38)/b25-20+,26-19-/t32-/m0/s1. The fraction of sp³-hybridized carbons (Fsp3) is 0.229. The summed E-state index contributed by atoms with van der Waals surface area (Å²) in [5.74, 6) is 0.392. The van der Waals surface area contributed by atoms with E-state index in [0.29, 0.717) is 31.6 Å². The first-order chi connectivity index (χ1) is 20.4. The molecule has 0 unspecified atom stereocenters. The lowest BCUT2D eigenvalue weighted by molar-refractivity contribution is -0.138. The van der Waals surface area contributed by atoms with E-state index in [4.69, 9.17) is 14.5 Å². The third kappa shape index (κ3) is 9.56. The highest BCUT2D eigenvalue weighted by molar-refractivity contribution is 7.09. The van der Waals surface area contributed by atoms with Crippen LogP contribution in [0.3, 0.4) is 0 Å². The Hall–Kier alpha value is -4.49. The second-order valence-corrected chi connectivity index (χ2v) is 10.8. The summed E-state index contributed by atoms with van der Waals surface area (Å²) >= 11 is 1.50. The Morgan fingerprint density at radius 2 is 1.57 bits per heavy atom. The molecule has 0 saturated heterocycles. The van der Waals surface area contributed by atoms with Crippen LogP contribution in [0, 0.1) is 0 Å². The van der Waals surface area contributed by atoms with Gasteiger partial charge in [0.05, 0.1) is 24.8 Å². The van der Waals surface area contributed by atoms with Gasteiger partial charge in [-0.05, 0) is 73.7 Å². The Kier molecular flexibility index (Phi) is 11.2. The molecule has 42 heavy (non-hydrogen) atoms.